The Kier molecular flexibility index (Phi) is 6.30. The molecule has 1 rings (SSSR count). The number of halogens is 1. The molecule has 0 aliphatic heterocycles. The average molecular weight is 295 g/mol. The molecule has 0 aliphatic carbocycles. The molecule has 0 heterocycles. The maximum absolute atomic E-state index is 13.3. The fourth-order valence-corrected chi connectivity index (χ4v) is 2.00. The molecule has 2 N–H and O–H groups in total. The van der Waals surface area contributed by atoms with Gasteiger partial charge in [0.25, 0.3) is 0 Å². The molecule has 0 saturated heterocycles. The Balaban J connectivity index is 2.73. The predicted molar refractivity (Wildman–Crippen MR) is 79.1 cm³/mol. The molecular formula is C15H22FN3O2. The number of likely N-dealkylation sites (N-methyl/N-ethyl adjacent to an activating group) is 1. The van der Waals surface area contributed by atoms with E-state index in [4.69, 9.17) is 0 Å². The monoisotopic (exact) mass is 295 g/mol. The van der Waals surface area contributed by atoms with E-state index in [0.717, 1.165) is 0 Å². The van der Waals surface area contributed by atoms with Crippen LogP contribution in [0.2, 0.25) is 0 Å². The molecule has 0 fully saturated rings. The largest absolute Gasteiger partial charge is 0.352 e. The van der Waals surface area contributed by atoms with Gasteiger partial charge in [0, 0.05) is 6.04 Å². The molecule has 0 unspecified atom stereocenters. The van der Waals surface area contributed by atoms with Crippen LogP contribution in [-0.2, 0) is 9.59 Å². The van der Waals surface area contributed by atoms with Crippen LogP contribution in [0.15, 0.2) is 24.3 Å². The van der Waals surface area contributed by atoms with Gasteiger partial charge in [0.2, 0.25) is 11.8 Å². The van der Waals surface area contributed by atoms with Crippen LogP contribution in [0.25, 0.3) is 0 Å². The van der Waals surface area contributed by atoms with Crippen LogP contribution >= 0.6 is 0 Å². The van der Waals surface area contributed by atoms with Crippen molar-refractivity contribution < 1.29 is 14.0 Å². The highest BCUT2D eigenvalue weighted by Crippen LogP contribution is 2.19. The third kappa shape index (κ3) is 5.51. The maximum Gasteiger partial charge on any atom is 0.242 e. The number of nitrogens with one attached hydrogen (secondary N) is 2. The van der Waals surface area contributed by atoms with Crippen LogP contribution in [0, 0.1) is 5.82 Å². The van der Waals surface area contributed by atoms with Gasteiger partial charge in [-0.3, -0.25) is 14.5 Å². The lowest BCUT2D eigenvalue weighted by atomic mass is 10.1. The van der Waals surface area contributed by atoms with Crippen molar-refractivity contribution in [3.63, 3.8) is 0 Å². The topological polar surface area (TPSA) is 61.4 Å². The third-order valence-electron chi connectivity index (χ3n) is 2.80. The summed E-state index contributed by atoms with van der Waals surface area (Å²) in [6, 6.07) is 5.25. The summed E-state index contributed by atoms with van der Waals surface area (Å²) < 4.78 is 13.3. The van der Waals surface area contributed by atoms with Gasteiger partial charge in [-0.25, -0.2) is 4.39 Å². The number of rotatable bonds is 6. The molecule has 5 nitrogen and oxygen atoms in total. The summed E-state index contributed by atoms with van der Waals surface area (Å²) in [6.07, 6.45) is 0. The Morgan fingerprint density at radius 3 is 2.48 bits per heavy atom. The zero-order valence-corrected chi connectivity index (χ0v) is 12.8. The van der Waals surface area contributed by atoms with Gasteiger partial charge in [0.1, 0.15) is 11.9 Å². The zero-order chi connectivity index (χ0) is 16.0. The standard InChI is InChI=1S/C15H22FN3O2/c1-10(2)18-13(20)9-17-15(21)14(19(3)4)11-6-5-7-12(16)8-11/h5-8,10,14H,9H2,1-4H3,(H,17,21)(H,18,20)/t14-/m0/s1. The van der Waals surface area contributed by atoms with Crippen LogP contribution in [0.1, 0.15) is 25.5 Å². The van der Waals surface area contributed by atoms with Crippen LogP contribution in [0.4, 0.5) is 4.39 Å². The smallest absolute Gasteiger partial charge is 0.242 e. The first-order valence-electron chi connectivity index (χ1n) is 6.80. The highest BCUT2D eigenvalue weighted by atomic mass is 19.1. The highest BCUT2D eigenvalue weighted by Gasteiger charge is 2.23. The van der Waals surface area contributed by atoms with Gasteiger partial charge in [-0.2, -0.15) is 0 Å². The Morgan fingerprint density at radius 1 is 1.29 bits per heavy atom. The van der Waals surface area contributed by atoms with E-state index in [1.165, 1.54) is 12.1 Å². The summed E-state index contributed by atoms with van der Waals surface area (Å²) in [7, 11) is 3.45. The molecule has 21 heavy (non-hydrogen) atoms. The Morgan fingerprint density at radius 2 is 1.95 bits per heavy atom. The normalized spacial score (nSPS) is 12.3. The lowest BCUT2D eigenvalue weighted by Crippen LogP contribution is -2.43. The molecule has 116 valence electrons. The highest BCUT2D eigenvalue weighted by molar-refractivity contribution is 5.88. The summed E-state index contributed by atoms with van der Waals surface area (Å²) in [5, 5.41) is 5.26. The van der Waals surface area contributed by atoms with Crippen molar-refractivity contribution in [2.45, 2.75) is 25.9 Å². The predicted octanol–water partition coefficient (Wildman–Crippen LogP) is 1.07. The summed E-state index contributed by atoms with van der Waals surface area (Å²) in [4.78, 5) is 25.4. The fraction of sp³-hybridized carbons (Fsp3) is 0.467. The molecule has 0 radical (unpaired) electrons. The average Bonchev–Trinajstić information content (AvgIpc) is 2.35. The summed E-state index contributed by atoms with van der Waals surface area (Å²) in [6.45, 7) is 3.58. The van der Waals surface area contributed by atoms with Crippen LogP contribution in [-0.4, -0.2) is 43.4 Å². The fourth-order valence-electron chi connectivity index (χ4n) is 2.00. The van der Waals surface area contributed by atoms with Gasteiger partial charge >= 0.3 is 0 Å². The van der Waals surface area contributed by atoms with Crippen molar-refractivity contribution in [3.05, 3.63) is 35.6 Å². The van der Waals surface area contributed by atoms with E-state index < -0.39 is 11.9 Å². The number of carbonyl (C=O) groups is 2. The molecule has 0 aromatic heterocycles. The zero-order valence-electron chi connectivity index (χ0n) is 12.8. The van der Waals surface area contributed by atoms with E-state index in [2.05, 4.69) is 10.6 Å². The minimum absolute atomic E-state index is 0.0160. The van der Waals surface area contributed by atoms with Crippen molar-refractivity contribution in [3.8, 4) is 0 Å². The van der Waals surface area contributed by atoms with Crippen molar-refractivity contribution in [1.82, 2.24) is 15.5 Å². The lowest BCUT2D eigenvalue weighted by Gasteiger charge is -2.23. The van der Waals surface area contributed by atoms with Crippen molar-refractivity contribution in [2.75, 3.05) is 20.6 Å². The first-order chi connectivity index (χ1) is 9.81. The molecular weight excluding hydrogens is 273 g/mol. The molecule has 1 aromatic carbocycles. The molecule has 0 spiro atoms. The van der Waals surface area contributed by atoms with E-state index >= 15 is 0 Å². The van der Waals surface area contributed by atoms with Gasteiger partial charge in [0.15, 0.2) is 0 Å². The molecule has 1 atom stereocenters. The second kappa shape index (κ2) is 7.73. The van der Waals surface area contributed by atoms with E-state index in [-0.39, 0.29) is 24.4 Å². The van der Waals surface area contributed by atoms with Gasteiger partial charge in [-0.15, -0.1) is 0 Å². The first kappa shape index (κ1) is 17.1. The summed E-state index contributed by atoms with van der Waals surface area (Å²) in [5.74, 6) is -0.996. The van der Waals surface area contributed by atoms with Crippen molar-refractivity contribution in [2.24, 2.45) is 0 Å². The van der Waals surface area contributed by atoms with Crippen LogP contribution in [0.5, 0.6) is 0 Å². The molecule has 2 amide bonds. The van der Waals surface area contributed by atoms with Crippen LogP contribution in [0.3, 0.4) is 0 Å². The molecule has 0 saturated carbocycles. The second-order valence-electron chi connectivity index (χ2n) is 5.36. The van der Waals surface area contributed by atoms with Gasteiger partial charge in [0.05, 0.1) is 6.54 Å². The Labute approximate surface area is 124 Å². The minimum atomic E-state index is -0.646. The Bertz CT molecular complexity index is 503. The quantitative estimate of drug-likeness (QED) is 0.825. The SMILES string of the molecule is CC(C)NC(=O)CNC(=O)[C@H](c1cccc(F)c1)N(C)C. The summed E-state index contributed by atoms with van der Waals surface area (Å²) >= 11 is 0. The third-order valence-corrected chi connectivity index (χ3v) is 2.80. The number of benzene rings is 1. The molecule has 0 bridgehead atoms. The van der Waals surface area contributed by atoms with Crippen molar-refractivity contribution >= 4 is 11.8 Å². The Hall–Kier alpha value is -1.95. The van der Waals surface area contributed by atoms with E-state index in [0.29, 0.717) is 5.56 Å². The minimum Gasteiger partial charge on any atom is -0.352 e. The second-order valence-corrected chi connectivity index (χ2v) is 5.36. The van der Waals surface area contributed by atoms with E-state index in [1.54, 1.807) is 31.1 Å². The number of hydrogen-bond acceptors (Lipinski definition) is 3. The molecule has 0 aliphatic rings. The lowest BCUT2D eigenvalue weighted by molar-refractivity contribution is -0.129. The first-order valence-corrected chi connectivity index (χ1v) is 6.80. The van der Waals surface area contributed by atoms with E-state index in [9.17, 15) is 14.0 Å². The van der Waals surface area contributed by atoms with Crippen LogP contribution < -0.4 is 10.6 Å². The number of carbonyl (C=O) groups excluding carboxylic acids is 2. The number of amides is 2. The van der Waals surface area contributed by atoms with Gasteiger partial charge in [-0.05, 0) is 45.6 Å². The van der Waals surface area contributed by atoms with Gasteiger partial charge < -0.3 is 10.6 Å². The number of nitrogens with zero attached hydrogens (tertiary/aromatic N) is 1. The van der Waals surface area contributed by atoms with Gasteiger partial charge in [-0.1, -0.05) is 12.1 Å². The van der Waals surface area contributed by atoms with Crippen molar-refractivity contribution in [1.29, 1.82) is 0 Å². The maximum atomic E-state index is 13.3. The number of hydrogen-bond donors (Lipinski definition) is 2. The van der Waals surface area contributed by atoms with E-state index in [1.807, 2.05) is 13.8 Å². The molecule has 6 heteroatoms. The molecule has 1 aromatic rings. The summed E-state index contributed by atoms with van der Waals surface area (Å²) in [5.41, 5.74) is 0.543.